The quantitative estimate of drug-likeness (QED) is 0.758. The molecule has 0 aromatic carbocycles. The summed E-state index contributed by atoms with van der Waals surface area (Å²) in [5.74, 6) is 1.02. The molecule has 14 heavy (non-hydrogen) atoms. The molecule has 2 unspecified atom stereocenters. The highest BCUT2D eigenvalue weighted by atomic mass is 16.3. The van der Waals surface area contributed by atoms with Crippen LogP contribution in [-0.2, 0) is 0 Å². The fraction of sp³-hybridized carbons (Fsp3) is 0.600. The number of aliphatic hydroxyl groups is 1. The summed E-state index contributed by atoms with van der Waals surface area (Å²) in [6, 6.07) is 2.09. The molecule has 2 atom stereocenters. The molecule has 4 nitrogen and oxygen atoms in total. The normalized spacial score (nSPS) is 14.9. The molecule has 0 aliphatic carbocycles. The van der Waals surface area contributed by atoms with Gasteiger partial charge in [-0.3, -0.25) is 0 Å². The maximum Gasteiger partial charge on any atom is 0.129 e. The monoisotopic (exact) mass is 195 g/mol. The van der Waals surface area contributed by atoms with E-state index in [-0.39, 0.29) is 18.6 Å². The molecule has 1 rings (SSSR count). The largest absolute Gasteiger partial charge is 0.396 e. The molecule has 78 valence electrons. The van der Waals surface area contributed by atoms with Crippen LogP contribution in [0, 0.1) is 12.8 Å². The fourth-order valence-electron chi connectivity index (χ4n) is 1.07. The van der Waals surface area contributed by atoms with Crippen molar-refractivity contribution < 1.29 is 5.11 Å². The van der Waals surface area contributed by atoms with Gasteiger partial charge in [-0.15, -0.1) is 0 Å². The first-order chi connectivity index (χ1) is 6.63. The zero-order chi connectivity index (χ0) is 10.6. The van der Waals surface area contributed by atoms with Gasteiger partial charge in [0.05, 0.1) is 0 Å². The zero-order valence-corrected chi connectivity index (χ0v) is 8.86. The van der Waals surface area contributed by atoms with E-state index >= 15 is 0 Å². The topological polar surface area (TPSA) is 58.0 Å². The molecule has 4 heteroatoms. The van der Waals surface area contributed by atoms with Crippen molar-refractivity contribution in [1.82, 2.24) is 9.97 Å². The first kappa shape index (κ1) is 10.9. The van der Waals surface area contributed by atoms with Gasteiger partial charge in [0.25, 0.3) is 0 Å². The van der Waals surface area contributed by atoms with Crippen molar-refractivity contribution in [2.45, 2.75) is 26.8 Å². The molecule has 0 aliphatic rings. The SMILES string of the molecule is Cc1cc(NC(C)C(C)CO)ncn1. The summed E-state index contributed by atoms with van der Waals surface area (Å²) in [7, 11) is 0. The Morgan fingerprint density at radius 2 is 2.14 bits per heavy atom. The van der Waals surface area contributed by atoms with E-state index in [9.17, 15) is 0 Å². The van der Waals surface area contributed by atoms with Crippen LogP contribution in [0.2, 0.25) is 0 Å². The van der Waals surface area contributed by atoms with Gasteiger partial charge >= 0.3 is 0 Å². The van der Waals surface area contributed by atoms with Gasteiger partial charge in [-0.1, -0.05) is 6.92 Å². The molecule has 0 bridgehead atoms. The van der Waals surface area contributed by atoms with Gasteiger partial charge in [0.15, 0.2) is 0 Å². The Morgan fingerprint density at radius 1 is 1.43 bits per heavy atom. The summed E-state index contributed by atoms with van der Waals surface area (Å²) in [6.07, 6.45) is 1.54. The summed E-state index contributed by atoms with van der Waals surface area (Å²) in [5.41, 5.74) is 0.936. The second-order valence-corrected chi connectivity index (χ2v) is 3.64. The van der Waals surface area contributed by atoms with Gasteiger partial charge in [0.2, 0.25) is 0 Å². The average Bonchev–Trinajstić information content (AvgIpc) is 2.16. The minimum atomic E-state index is 0.179. The van der Waals surface area contributed by atoms with Gasteiger partial charge < -0.3 is 10.4 Å². The minimum absolute atomic E-state index is 0.179. The number of hydrogen-bond acceptors (Lipinski definition) is 4. The predicted octanol–water partition coefficient (Wildman–Crippen LogP) is 1.21. The van der Waals surface area contributed by atoms with Crippen LogP contribution in [0.1, 0.15) is 19.5 Å². The summed E-state index contributed by atoms with van der Waals surface area (Å²) in [5, 5.41) is 12.2. The van der Waals surface area contributed by atoms with Crippen LogP contribution < -0.4 is 5.32 Å². The maximum absolute atomic E-state index is 8.97. The number of nitrogens with one attached hydrogen (secondary N) is 1. The molecule has 2 N–H and O–H groups in total. The van der Waals surface area contributed by atoms with Crippen molar-refractivity contribution >= 4 is 5.82 Å². The highest BCUT2D eigenvalue weighted by molar-refractivity contribution is 5.35. The van der Waals surface area contributed by atoms with Gasteiger partial charge in [0, 0.05) is 24.4 Å². The average molecular weight is 195 g/mol. The van der Waals surface area contributed by atoms with Gasteiger partial charge in [-0.05, 0) is 19.8 Å². The van der Waals surface area contributed by atoms with E-state index in [2.05, 4.69) is 15.3 Å². The molecular weight excluding hydrogens is 178 g/mol. The number of aliphatic hydroxyl groups excluding tert-OH is 1. The lowest BCUT2D eigenvalue weighted by molar-refractivity contribution is 0.226. The molecule has 1 aromatic rings. The highest BCUT2D eigenvalue weighted by Gasteiger charge is 2.10. The first-order valence-corrected chi connectivity index (χ1v) is 4.79. The molecule has 1 aromatic heterocycles. The molecule has 0 radical (unpaired) electrons. The lowest BCUT2D eigenvalue weighted by Crippen LogP contribution is -2.26. The van der Waals surface area contributed by atoms with Crippen LogP contribution in [0.3, 0.4) is 0 Å². The van der Waals surface area contributed by atoms with E-state index in [1.165, 1.54) is 6.33 Å². The Morgan fingerprint density at radius 3 is 2.71 bits per heavy atom. The third kappa shape index (κ3) is 2.96. The van der Waals surface area contributed by atoms with Crippen LogP contribution in [0.15, 0.2) is 12.4 Å². The Balaban J connectivity index is 2.60. The predicted molar refractivity (Wildman–Crippen MR) is 56.1 cm³/mol. The van der Waals surface area contributed by atoms with E-state index in [1.807, 2.05) is 26.8 Å². The molecular formula is C10H17N3O. The molecule has 0 amide bonds. The molecule has 0 fully saturated rings. The number of aromatic nitrogens is 2. The Kier molecular flexibility index (Phi) is 3.83. The second-order valence-electron chi connectivity index (χ2n) is 3.64. The van der Waals surface area contributed by atoms with E-state index in [4.69, 9.17) is 5.11 Å². The summed E-state index contributed by atoms with van der Waals surface area (Å²) in [6.45, 7) is 6.12. The number of anilines is 1. The molecule has 1 heterocycles. The number of aryl methyl sites for hydroxylation is 1. The fourth-order valence-corrected chi connectivity index (χ4v) is 1.07. The number of rotatable bonds is 4. The minimum Gasteiger partial charge on any atom is -0.396 e. The number of hydrogen-bond donors (Lipinski definition) is 2. The van der Waals surface area contributed by atoms with Crippen molar-refractivity contribution in [3.05, 3.63) is 18.1 Å². The standard InChI is InChI=1S/C10H17N3O/c1-7(5-14)9(3)13-10-4-8(2)11-6-12-10/h4,6-7,9,14H,5H2,1-3H3,(H,11,12,13). The van der Waals surface area contributed by atoms with Crippen LogP contribution in [0.5, 0.6) is 0 Å². The van der Waals surface area contributed by atoms with Crippen LogP contribution in [0.25, 0.3) is 0 Å². The third-order valence-electron chi connectivity index (χ3n) is 2.32. The Bertz CT molecular complexity index is 290. The first-order valence-electron chi connectivity index (χ1n) is 4.79. The Labute approximate surface area is 84.4 Å². The molecule has 0 aliphatic heterocycles. The summed E-state index contributed by atoms with van der Waals surface area (Å²) >= 11 is 0. The number of nitrogens with zero attached hydrogens (tertiary/aromatic N) is 2. The summed E-state index contributed by atoms with van der Waals surface area (Å²) < 4.78 is 0. The zero-order valence-electron chi connectivity index (χ0n) is 8.86. The van der Waals surface area contributed by atoms with Crippen molar-refractivity contribution in [1.29, 1.82) is 0 Å². The smallest absolute Gasteiger partial charge is 0.129 e. The van der Waals surface area contributed by atoms with Crippen molar-refractivity contribution in [3.63, 3.8) is 0 Å². The lowest BCUT2D eigenvalue weighted by Gasteiger charge is -2.19. The van der Waals surface area contributed by atoms with Crippen LogP contribution in [-0.4, -0.2) is 27.7 Å². The molecule has 0 spiro atoms. The van der Waals surface area contributed by atoms with E-state index < -0.39 is 0 Å². The lowest BCUT2D eigenvalue weighted by atomic mass is 10.1. The maximum atomic E-state index is 8.97. The Hall–Kier alpha value is -1.16. The van der Waals surface area contributed by atoms with Crippen LogP contribution in [0.4, 0.5) is 5.82 Å². The van der Waals surface area contributed by atoms with Crippen molar-refractivity contribution in [2.24, 2.45) is 5.92 Å². The van der Waals surface area contributed by atoms with E-state index in [0.717, 1.165) is 11.5 Å². The van der Waals surface area contributed by atoms with Gasteiger partial charge in [-0.2, -0.15) is 0 Å². The summed E-state index contributed by atoms with van der Waals surface area (Å²) in [4.78, 5) is 8.10. The molecule has 0 saturated carbocycles. The van der Waals surface area contributed by atoms with Gasteiger partial charge in [0.1, 0.15) is 12.1 Å². The van der Waals surface area contributed by atoms with E-state index in [0.29, 0.717) is 0 Å². The van der Waals surface area contributed by atoms with Crippen LogP contribution >= 0.6 is 0 Å². The third-order valence-corrected chi connectivity index (χ3v) is 2.32. The van der Waals surface area contributed by atoms with E-state index in [1.54, 1.807) is 0 Å². The van der Waals surface area contributed by atoms with Crippen molar-refractivity contribution in [3.8, 4) is 0 Å². The second kappa shape index (κ2) is 4.91. The van der Waals surface area contributed by atoms with Crippen molar-refractivity contribution in [2.75, 3.05) is 11.9 Å². The molecule has 0 saturated heterocycles. The highest BCUT2D eigenvalue weighted by Crippen LogP contribution is 2.09. The van der Waals surface area contributed by atoms with Gasteiger partial charge in [-0.25, -0.2) is 9.97 Å².